The second-order valence-electron chi connectivity index (χ2n) is 8.36. The van der Waals surface area contributed by atoms with Gasteiger partial charge in [-0.2, -0.15) is 5.10 Å². The highest BCUT2D eigenvalue weighted by Gasteiger charge is 2.43. The number of benzene rings is 3. The lowest BCUT2D eigenvalue weighted by Crippen LogP contribution is -2.31. The summed E-state index contributed by atoms with van der Waals surface area (Å²) in [7, 11) is 0. The number of hydrogen-bond acceptors (Lipinski definition) is 2. The van der Waals surface area contributed by atoms with Crippen molar-refractivity contribution < 1.29 is 4.79 Å². The summed E-state index contributed by atoms with van der Waals surface area (Å²) in [6.07, 6.45) is 5.08. The van der Waals surface area contributed by atoms with Gasteiger partial charge in [0.2, 0.25) is 0 Å². The fraction of sp³-hybridized carbons (Fsp3) is 0.185. The summed E-state index contributed by atoms with van der Waals surface area (Å²) < 4.78 is 0. The Balaban J connectivity index is 1.58. The Labute approximate surface area is 208 Å². The van der Waals surface area contributed by atoms with Crippen LogP contribution in [0.5, 0.6) is 0 Å². The van der Waals surface area contributed by atoms with Crippen LogP contribution in [0.3, 0.4) is 0 Å². The van der Waals surface area contributed by atoms with E-state index in [1.807, 2.05) is 48.5 Å². The third-order valence-corrected chi connectivity index (χ3v) is 6.94. The second kappa shape index (κ2) is 9.34. The van der Waals surface area contributed by atoms with E-state index in [1.165, 1.54) is 0 Å². The van der Waals surface area contributed by atoms with E-state index in [9.17, 15) is 4.79 Å². The van der Waals surface area contributed by atoms with Gasteiger partial charge in [0.15, 0.2) is 0 Å². The fourth-order valence-electron chi connectivity index (χ4n) is 4.68. The molecule has 1 heterocycles. The van der Waals surface area contributed by atoms with Crippen molar-refractivity contribution in [1.82, 2.24) is 5.01 Å². The lowest BCUT2D eigenvalue weighted by Gasteiger charge is -2.29. The van der Waals surface area contributed by atoms with Crippen molar-refractivity contribution in [2.45, 2.75) is 25.3 Å². The number of carbonyl (C=O) groups excluding carboxylic acids is 1. The average molecular weight is 496 g/mol. The van der Waals surface area contributed by atoms with Gasteiger partial charge in [0.05, 0.1) is 11.8 Å². The molecule has 0 bridgehead atoms. The summed E-state index contributed by atoms with van der Waals surface area (Å²) in [5.41, 5.74) is 4.75. The van der Waals surface area contributed by atoms with Crippen molar-refractivity contribution in [3.63, 3.8) is 0 Å². The third-order valence-electron chi connectivity index (χ3n) is 6.20. The van der Waals surface area contributed by atoms with Gasteiger partial charge >= 0.3 is 0 Å². The molecule has 3 aromatic carbocycles. The zero-order valence-corrected chi connectivity index (χ0v) is 20.0. The molecule has 1 aliphatic heterocycles. The topological polar surface area (TPSA) is 32.7 Å². The minimum absolute atomic E-state index is 0.113. The Morgan fingerprint density at radius 3 is 2.30 bits per heavy atom. The minimum Gasteiger partial charge on any atom is -0.267 e. The molecule has 1 aliphatic carbocycles. The number of allylic oxidation sites excluding steroid dienone is 1. The number of rotatable bonds is 3. The molecule has 166 valence electrons. The molecule has 1 saturated carbocycles. The molecule has 5 rings (SSSR count). The van der Waals surface area contributed by atoms with Crippen molar-refractivity contribution >= 4 is 52.5 Å². The van der Waals surface area contributed by atoms with E-state index in [1.54, 1.807) is 29.3 Å². The molecule has 3 aromatic rings. The molecule has 3 nitrogen and oxygen atoms in total. The lowest BCUT2D eigenvalue weighted by molar-refractivity contribution is 0.0681. The van der Waals surface area contributed by atoms with Gasteiger partial charge in [-0.25, -0.2) is 5.01 Å². The highest BCUT2D eigenvalue weighted by Crippen LogP contribution is 2.45. The molecule has 0 radical (unpaired) electrons. The number of nitrogens with zero attached hydrogens (tertiary/aromatic N) is 2. The van der Waals surface area contributed by atoms with Gasteiger partial charge in [-0.15, -0.1) is 0 Å². The maximum absolute atomic E-state index is 13.6. The first-order chi connectivity index (χ1) is 16.0. The van der Waals surface area contributed by atoms with Crippen molar-refractivity contribution in [1.29, 1.82) is 0 Å². The second-order valence-corrected chi connectivity index (χ2v) is 9.67. The smallest absolute Gasteiger partial charge is 0.267 e. The van der Waals surface area contributed by atoms with Crippen LogP contribution >= 0.6 is 34.8 Å². The van der Waals surface area contributed by atoms with Gasteiger partial charge in [0, 0.05) is 26.5 Å². The molecule has 33 heavy (non-hydrogen) atoms. The monoisotopic (exact) mass is 494 g/mol. The summed E-state index contributed by atoms with van der Waals surface area (Å²) in [6.45, 7) is 0. The number of hydrazone groups is 1. The van der Waals surface area contributed by atoms with Crippen LogP contribution in [0.4, 0.5) is 0 Å². The zero-order valence-electron chi connectivity index (χ0n) is 17.7. The van der Waals surface area contributed by atoms with Gasteiger partial charge in [-0.3, -0.25) is 4.79 Å². The van der Waals surface area contributed by atoms with Crippen LogP contribution in [0.25, 0.3) is 6.08 Å². The highest BCUT2D eigenvalue weighted by molar-refractivity contribution is 6.31. The molecule has 0 saturated heterocycles. The average Bonchev–Trinajstić information content (AvgIpc) is 3.21. The van der Waals surface area contributed by atoms with E-state index in [0.29, 0.717) is 20.6 Å². The predicted octanol–water partition coefficient (Wildman–Crippen LogP) is 8.08. The first-order valence-corrected chi connectivity index (χ1v) is 12.0. The molecule has 0 aromatic heterocycles. The summed E-state index contributed by atoms with van der Waals surface area (Å²) in [5, 5.41) is 8.45. The predicted molar refractivity (Wildman–Crippen MR) is 136 cm³/mol. The van der Waals surface area contributed by atoms with Gasteiger partial charge in [0.25, 0.3) is 5.91 Å². The fourth-order valence-corrected chi connectivity index (χ4v) is 5.12. The Morgan fingerprint density at radius 1 is 0.909 bits per heavy atom. The summed E-state index contributed by atoms with van der Waals surface area (Å²) in [4.78, 5) is 13.6. The standard InChI is InChI=1S/C27H21Cl3N2O/c28-21-11-7-17(8-12-21)15-19-3-2-6-24-25(19)31-32(26(24)18-9-13-22(29)14-10-18)27(33)20-4-1-5-23(30)16-20/h1,4-5,7-16,24,26H,2-3,6H2/b19-15-/t24-,26-/m0/s1. The summed E-state index contributed by atoms with van der Waals surface area (Å²) in [6, 6.07) is 22.3. The number of hydrogen-bond donors (Lipinski definition) is 0. The molecular formula is C27H21Cl3N2O. The van der Waals surface area contributed by atoms with Gasteiger partial charge in [-0.1, -0.05) is 65.1 Å². The van der Waals surface area contributed by atoms with Crippen LogP contribution in [-0.4, -0.2) is 16.6 Å². The molecule has 1 fully saturated rings. The summed E-state index contributed by atoms with van der Waals surface area (Å²) >= 11 is 18.4. The van der Waals surface area contributed by atoms with E-state index < -0.39 is 0 Å². The first-order valence-electron chi connectivity index (χ1n) is 10.9. The van der Waals surface area contributed by atoms with Gasteiger partial charge in [0.1, 0.15) is 0 Å². The molecule has 0 spiro atoms. The van der Waals surface area contributed by atoms with Crippen LogP contribution in [-0.2, 0) is 0 Å². The maximum atomic E-state index is 13.6. The van der Waals surface area contributed by atoms with Crippen molar-refractivity contribution in [3.8, 4) is 0 Å². The van der Waals surface area contributed by atoms with Crippen LogP contribution in [0, 0.1) is 5.92 Å². The van der Waals surface area contributed by atoms with Gasteiger partial charge in [-0.05, 0) is 84.5 Å². The van der Waals surface area contributed by atoms with Crippen LogP contribution in [0.15, 0.2) is 83.5 Å². The zero-order chi connectivity index (χ0) is 22.9. The van der Waals surface area contributed by atoms with E-state index in [0.717, 1.165) is 41.7 Å². The van der Waals surface area contributed by atoms with E-state index >= 15 is 0 Å². The maximum Gasteiger partial charge on any atom is 0.274 e. The van der Waals surface area contributed by atoms with Crippen LogP contribution in [0.2, 0.25) is 15.1 Å². The van der Waals surface area contributed by atoms with Gasteiger partial charge < -0.3 is 0 Å². The molecule has 2 atom stereocenters. The molecule has 0 unspecified atom stereocenters. The molecule has 0 N–H and O–H groups in total. The number of amides is 1. The first kappa shape index (κ1) is 22.2. The normalized spacial score (nSPS) is 21.1. The Hall–Kier alpha value is -2.59. The SMILES string of the molecule is O=C(c1cccc(Cl)c1)N1N=C2/C(=C\c3ccc(Cl)cc3)CCC[C@@H]2[C@@H]1c1ccc(Cl)cc1. The van der Waals surface area contributed by atoms with Crippen molar-refractivity contribution in [2.75, 3.05) is 0 Å². The van der Waals surface area contributed by atoms with Crippen LogP contribution < -0.4 is 0 Å². The third kappa shape index (κ3) is 4.59. The molecule has 2 aliphatic rings. The lowest BCUT2D eigenvalue weighted by atomic mass is 9.77. The quantitative estimate of drug-likeness (QED) is 0.361. The number of halogens is 3. The van der Waals surface area contributed by atoms with Crippen molar-refractivity contribution in [2.24, 2.45) is 11.0 Å². The van der Waals surface area contributed by atoms with Crippen molar-refractivity contribution in [3.05, 3.63) is 110 Å². The highest BCUT2D eigenvalue weighted by atomic mass is 35.5. The minimum atomic E-state index is -0.197. The molecular weight excluding hydrogens is 475 g/mol. The van der Waals surface area contributed by atoms with E-state index in [4.69, 9.17) is 39.9 Å². The largest absolute Gasteiger partial charge is 0.274 e. The van der Waals surface area contributed by atoms with E-state index in [2.05, 4.69) is 6.08 Å². The number of carbonyl (C=O) groups is 1. The Bertz CT molecular complexity index is 1250. The molecule has 1 amide bonds. The Morgan fingerprint density at radius 2 is 1.61 bits per heavy atom. The number of fused-ring (bicyclic) bond motifs is 1. The molecule has 6 heteroatoms. The Kier molecular flexibility index (Phi) is 6.29. The van der Waals surface area contributed by atoms with E-state index in [-0.39, 0.29) is 17.9 Å². The summed E-state index contributed by atoms with van der Waals surface area (Å²) in [5.74, 6) is -0.0493. The van der Waals surface area contributed by atoms with Crippen LogP contribution in [0.1, 0.15) is 46.8 Å².